The van der Waals surface area contributed by atoms with Gasteiger partial charge in [0.15, 0.2) is 0 Å². The first-order valence-electron chi connectivity index (χ1n) is 7.38. The minimum Gasteiger partial charge on any atom is -0.494 e. The predicted molar refractivity (Wildman–Crippen MR) is 79.7 cm³/mol. The monoisotopic (exact) mass is 262 g/mol. The summed E-state index contributed by atoms with van der Waals surface area (Å²) in [5.41, 5.74) is 1.38. The molecule has 19 heavy (non-hydrogen) atoms. The van der Waals surface area contributed by atoms with Crippen molar-refractivity contribution in [1.29, 1.82) is 0 Å². The number of piperidine rings is 1. The van der Waals surface area contributed by atoms with Crippen LogP contribution in [0, 0.1) is 0 Å². The molecule has 1 aromatic rings. The second kappa shape index (κ2) is 6.92. The van der Waals surface area contributed by atoms with Crippen LogP contribution in [-0.2, 0) is 0 Å². The van der Waals surface area contributed by atoms with Crippen LogP contribution in [0.3, 0.4) is 0 Å². The number of likely N-dealkylation sites (tertiary alicyclic amines) is 1. The van der Waals surface area contributed by atoms with E-state index >= 15 is 0 Å². The standard InChI is InChI=1S/C16H26N2O/c1-4-19-16-9-7-14(8-10-16)13(2)18-11-5-6-15(12-18)17-3/h7-10,13,15,17H,4-6,11-12H2,1-3H3. The highest BCUT2D eigenvalue weighted by Gasteiger charge is 2.23. The number of hydrogen-bond donors (Lipinski definition) is 1. The van der Waals surface area contributed by atoms with E-state index in [4.69, 9.17) is 4.74 Å². The van der Waals surface area contributed by atoms with Gasteiger partial charge in [-0.05, 0) is 58.0 Å². The van der Waals surface area contributed by atoms with Gasteiger partial charge in [-0.15, -0.1) is 0 Å². The van der Waals surface area contributed by atoms with Crippen LogP contribution < -0.4 is 10.1 Å². The van der Waals surface area contributed by atoms with Gasteiger partial charge < -0.3 is 10.1 Å². The van der Waals surface area contributed by atoms with Crippen LogP contribution in [0.5, 0.6) is 5.75 Å². The van der Waals surface area contributed by atoms with Crippen LogP contribution in [0.2, 0.25) is 0 Å². The van der Waals surface area contributed by atoms with Crippen LogP contribution in [0.1, 0.15) is 38.3 Å². The third-order valence-electron chi connectivity index (χ3n) is 4.08. The molecule has 0 aliphatic carbocycles. The third kappa shape index (κ3) is 3.71. The highest BCUT2D eigenvalue weighted by molar-refractivity contribution is 5.29. The summed E-state index contributed by atoms with van der Waals surface area (Å²) in [7, 11) is 2.07. The largest absolute Gasteiger partial charge is 0.494 e. The molecule has 0 spiro atoms. The molecule has 1 aliphatic rings. The Kier molecular flexibility index (Phi) is 5.23. The fourth-order valence-electron chi connectivity index (χ4n) is 2.81. The molecule has 0 radical (unpaired) electrons. The molecule has 1 heterocycles. The maximum atomic E-state index is 5.50. The SMILES string of the molecule is CCOc1ccc(C(C)N2CCCC(NC)C2)cc1. The lowest BCUT2D eigenvalue weighted by atomic mass is 10.0. The van der Waals surface area contributed by atoms with Crippen LogP contribution in [0.15, 0.2) is 24.3 Å². The van der Waals surface area contributed by atoms with Crippen molar-refractivity contribution in [2.45, 2.75) is 38.8 Å². The summed E-state index contributed by atoms with van der Waals surface area (Å²) in [6, 6.07) is 9.66. The van der Waals surface area contributed by atoms with Gasteiger partial charge in [0.05, 0.1) is 6.61 Å². The minimum absolute atomic E-state index is 0.479. The van der Waals surface area contributed by atoms with Crippen molar-refractivity contribution in [3.05, 3.63) is 29.8 Å². The van der Waals surface area contributed by atoms with Crippen molar-refractivity contribution in [3.63, 3.8) is 0 Å². The lowest BCUT2D eigenvalue weighted by Gasteiger charge is -2.37. The fourth-order valence-corrected chi connectivity index (χ4v) is 2.81. The summed E-state index contributed by atoms with van der Waals surface area (Å²) >= 11 is 0. The van der Waals surface area contributed by atoms with Gasteiger partial charge in [-0.2, -0.15) is 0 Å². The van der Waals surface area contributed by atoms with Crippen LogP contribution in [0.4, 0.5) is 0 Å². The molecule has 1 N–H and O–H groups in total. The maximum Gasteiger partial charge on any atom is 0.119 e. The topological polar surface area (TPSA) is 24.5 Å². The van der Waals surface area contributed by atoms with Crippen molar-refractivity contribution >= 4 is 0 Å². The van der Waals surface area contributed by atoms with E-state index in [1.54, 1.807) is 0 Å². The average molecular weight is 262 g/mol. The summed E-state index contributed by atoms with van der Waals surface area (Å²) in [6.07, 6.45) is 2.58. The Hall–Kier alpha value is -1.06. The number of nitrogens with one attached hydrogen (secondary N) is 1. The Bertz CT molecular complexity index is 377. The van der Waals surface area contributed by atoms with Crippen molar-refractivity contribution in [3.8, 4) is 5.75 Å². The first kappa shape index (κ1) is 14.4. The molecule has 3 nitrogen and oxygen atoms in total. The number of hydrogen-bond acceptors (Lipinski definition) is 3. The molecule has 1 saturated heterocycles. The predicted octanol–water partition coefficient (Wildman–Crippen LogP) is 2.83. The zero-order valence-corrected chi connectivity index (χ0v) is 12.4. The quantitative estimate of drug-likeness (QED) is 0.883. The van der Waals surface area contributed by atoms with Crippen molar-refractivity contribution < 1.29 is 4.74 Å². The van der Waals surface area contributed by atoms with E-state index < -0.39 is 0 Å². The van der Waals surface area contributed by atoms with Gasteiger partial charge in [0.2, 0.25) is 0 Å². The molecular weight excluding hydrogens is 236 g/mol. The highest BCUT2D eigenvalue weighted by Crippen LogP contribution is 2.25. The lowest BCUT2D eigenvalue weighted by molar-refractivity contribution is 0.149. The van der Waals surface area contributed by atoms with Crippen molar-refractivity contribution in [2.24, 2.45) is 0 Å². The molecule has 2 rings (SSSR count). The zero-order valence-electron chi connectivity index (χ0n) is 12.4. The first-order valence-corrected chi connectivity index (χ1v) is 7.38. The second-order valence-corrected chi connectivity index (χ2v) is 5.30. The van der Waals surface area contributed by atoms with E-state index in [1.807, 2.05) is 6.92 Å². The van der Waals surface area contributed by atoms with E-state index in [2.05, 4.69) is 48.5 Å². The van der Waals surface area contributed by atoms with Gasteiger partial charge in [-0.25, -0.2) is 0 Å². The Labute approximate surface area is 116 Å². The molecule has 1 aromatic carbocycles. The molecule has 2 atom stereocenters. The smallest absolute Gasteiger partial charge is 0.119 e. The van der Waals surface area contributed by atoms with Crippen molar-refractivity contribution in [1.82, 2.24) is 10.2 Å². The summed E-state index contributed by atoms with van der Waals surface area (Å²) in [4.78, 5) is 2.57. The van der Waals surface area contributed by atoms with E-state index in [1.165, 1.54) is 24.9 Å². The number of likely N-dealkylation sites (N-methyl/N-ethyl adjacent to an activating group) is 1. The van der Waals surface area contributed by atoms with Gasteiger partial charge >= 0.3 is 0 Å². The van der Waals surface area contributed by atoms with E-state index in [9.17, 15) is 0 Å². The molecule has 0 aromatic heterocycles. The summed E-state index contributed by atoms with van der Waals surface area (Å²) in [5.74, 6) is 0.963. The number of benzene rings is 1. The molecule has 106 valence electrons. The number of nitrogens with zero attached hydrogens (tertiary/aromatic N) is 1. The van der Waals surface area contributed by atoms with Gasteiger partial charge in [-0.1, -0.05) is 12.1 Å². The molecule has 0 bridgehead atoms. The Morgan fingerprint density at radius 3 is 2.74 bits per heavy atom. The molecule has 3 heteroatoms. The van der Waals surface area contributed by atoms with E-state index in [0.717, 1.165) is 18.9 Å². The average Bonchev–Trinajstić information content (AvgIpc) is 2.48. The lowest BCUT2D eigenvalue weighted by Crippen LogP contribution is -2.45. The van der Waals surface area contributed by atoms with Crippen LogP contribution >= 0.6 is 0 Å². The minimum atomic E-state index is 0.479. The second-order valence-electron chi connectivity index (χ2n) is 5.30. The zero-order chi connectivity index (χ0) is 13.7. The third-order valence-corrected chi connectivity index (χ3v) is 4.08. The normalized spacial score (nSPS) is 22.2. The number of ether oxygens (including phenoxy) is 1. The van der Waals surface area contributed by atoms with Crippen molar-refractivity contribution in [2.75, 3.05) is 26.7 Å². The molecule has 0 saturated carbocycles. The maximum absolute atomic E-state index is 5.50. The van der Waals surface area contributed by atoms with Crippen LogP contribution in [-0.4, -0.2) is 37.7 Å². The summed E-state index contributed by atoms with van der Waals surface area (Å²) in [6.45, 7) is 7.39. The Balaban J connectivity index is 1.99. The van der Waals surface area contributed by atoms with E-state index in [-0.39, 0.29) is 0 Å². The molecule has 2 unspecified atom stereocenters. The van der Waals surface area contributed by atoms with E-state index in [0.29, 0.717) is 12.1 Å². The molecular formula is C16H26N2O. The van der Waals surface area contributed by atoms with Gasteiger partial charge in [0.1, 0.15) is 5.75 Å². The fraction of sp³-hybridized carbons (Fsp3) is 0.625. The number of rotatable bonds is 5. The van der Waals surface area contributed by atoms with Gasteiger partial charge in [-0.3, -0.25) is 4.90 Å². The first-order chi connectivity index (χ1) is 9.24. The Morgan fingerprint density at radius 1 is 1.37 bits per heavy atom. The van der Waals surface area contributed by atoms with Gasteiger partial charge in [0.25, 0.3) is 0 Å². The molecule has 1 fully saturated rings. The Morgan fingerprint density at radius 2 is 2.11 bits per heavy atom. The summed E-state index contributed by atoms with van der Waals surface area (Å²) < 4.78 is 5.50. The molecule has 0 amide bonds. The highest BCUT2D eigenvalue weighted by atomic mass is 16.5. The summed E-state index contributed by atoms with van der Waals surface area (Å²) in [5, 5.41) is 3.40. The molecule has 1 aliphatic heterocycles. The van der Waals surface area contributed by atoms with Crippen LogP contribution in [0.25, 0.3) is 0 Å². The van der Waals surface area contributed by atoms with Gasteiger partial charge in [0, 0.05) is 18.6 Å².